The van der Waals surface area contributed by atoms with E-state index < -0.39 is 0 Å². The van der Waals surface area contributed by atoms with Crippen molar-refractivity contribution in [2.75, 3.05) is 27.7 Å². The molecule has 1 aromatic heterocycles. The molecule has 1 heterocycles. The lowest BCUT2D eigenvalue weighted by Gasteiger charge is -2.36. The van der Waals surface area contributed by atoms with Crippen molar-refractivity contribution in [3.05, 3.63) is 22.4 Å². The molecule has 4 heteroatoms. The zero-order chi connectivity index (χ0) is 12.3. The van der Waals surface area contributed by atoms with Crippen LogP contribution in [0.4, 0.5) is 0 Å². The Balaban J connectivity index is 1.79. The summed E-state index contributed by atoms with van der Waals surface area (Å²) in [7, 11) is 6.09. The SMILES string of the molecule is COC1CC(NCC(c2cccs2)N(C)C)C1. The summed E-state index contributed by atoms with van der Waals surface area (Å²) in [6, 6.07) is 5.47. The lowest BCUT2D eigenvalue weighted by atomic mass is 9.89. The first-order valence-electron chi connectivity index (χ1n) is 6.16. The summed E-state index contributed by atoms with van der Waals surface area (Å²) >= 11 is 1.84. The monoisotopic (exact) mass is 254 g/mol. The molecule has 1 saturated carbocycles. The molecule has 1 fully saturated rings. The number of methoxy groups -OCH3 is 1. The number of likely N-dealkylation sites (N-methyl/N-ethyl adjacent to an activating group) is 1. The van der Waals surface area contributed by atoms with Crippen LogP contribution in [0.2, 0.25) is 0 Å². The van der Waals surface area contributed by atoms with Gasteiger partial charge in [-0.1, -0.05) is 6.07 Å². The molecule has 0 aromatic carbocycles. The highest BCUT2D eigenvalue weighted by molar-refractivity contribution is 7.10. The fourth-order valence-corrected chi connectivity index (χ4v) is 3.14. The molecule has 0 amide bonds. The maximum Gasteiger partial charge on any atom is 0.0601 e. The van der Waals surface area contributed by atoms with E-state index in [-0.39, 0.29) is 0 Å². The molecule has 0 spiro atoms. The summed E-state index contributed by atoms with van der Waals surface area (Å²) in [5.74, 6) is 0. The van der Waals surface area contributed by atoms with E-state index in [1.165, 1.54) is 4.88 Å². The molecule has 0 bridgehead atoms. The lowest BCUT2D eigenvalue weighted by molar-refractivity contribution is 0.0159. The first-order chi connectivity index (χ1) is 8.20. The highest BCUT2D eigenvalue weighted by atomic mass is 32.1. The molecule has 96 valence electrons. The number of thiophene rings is 1. The molecule has 1 aromatic rings. The van der Waals surface area contributed by atoms with E-state index in [1.54, 1.807) is 7.11 Å². The van der Waals surface area contributed by atoms with Crippen molar-refractivity contribution in [1.29, 1.82) is 0 Å². The smallest absolute Gasteiger partial charge is 0.0601 e. The fourth-order valence-electron chi connectivity index (χ4n) is 2.22. The summed E-state index contributed by atoms with van der Waals surface area (Å²) in [5, 5.41) is 5.79. The number of hydrogen-bond acceptors (Lipinski definition) is 4. The van der Waals surface area contributed by atoms with Crippen LogP contribution in [-0.2, 0) is 4.74 Å². The molecule has 17 heavy (non-hydrogen) atoms. The van der Waals surface area contributed by atoms with Gasteiger partial charge in [0.05, 0.1) is 12.1 Å². The van der Waals surface area contributed by atoms with Crippen LogP contribution < -0.4 is 5.32 Å². The average Bonchev–Trinajstić information content (AvgIpc) is 2.74. The molecular weight excluding hydrogens is 232 g/mol. The third kappa shape index (κ3) is 3.28. The molecule has 0 radical (unpaired) electrons. The van der Waals surface area contributed by atoms with Gasteiger partial charge in [0.25, 0.3) is 0 Å². The molecule has 1 unspecified atom stereocenters. The van der Waals surface area contributed by atoms with Gasteiger partial charge in [0.1, 0.15) is 0 Å². The van der Waals surface area contributed by atoms with Gasteiger partial charge < -0.3 is 15.0 Å². The third-order valence-electron chi connectivity index (χ3n) is 3.52. The van der Waals surface area contributed by atoms with Crippen LogP contribution in [0.25, 0.3) is 0 Å². The van der Waals surface area contributed by atoms with Gasteiger partial charge in [-0.2, -0.15) is 0 Å². The minimum Gasteiger partial charge on any atom is -0.381 e. The minimum absolute atomic E-state index is 0.479. The van der Waals surface area contributed by atoms with Crippen molar-refractivity contribution >= 4 is 11.3 Å². The summed E-state index contributed by atoms with van der Waals surface area (Å²) < 4.78 is 5.29. The summed E-state index contributed by atoms with van der Waals surface area (Å²) in [4.78, 5) is 3.72. The third-order valence-corrected chi connectivity index (χ3v) is 4.50. The molecule has 2 rings (SSSR count). The Morgan fingerprint density at radius 2 is 2.29 bits per heavy atom. The van der Waals surface area contributed by atoms with Crippen LogP contribution in [-0.4, -0.2) is 44.8 Å². The van der Waals surface area contributed by atoms with Crippen LogP contribution >= 0.6 is 11.3 Å². The van der Waals surface area contributed by atoms with E-state index in [2.05, 4.69) is 41.8 Å². The number of rotatable bonds is 6. The Labute approximate surface area is 108 Å². The fraction of sp³-hybridized carbons (Fsp3) is 0.692. The molecule has 0 aliphatic heterocycles. The van der Waals surface area contributed by atoms with Gasteiger partial charge in [0.15, 0.2) is 0 Å². The second-order valence-corrected chi connectivity index (χ2v) is 5.91. The number of nitrogens with zero attached hydrogens (tertiary/aromatic N) is 1. The lowest BCUT2D eigenvalue weighted by Crippen LogP contribution is -2.47. The highest BCUT2D eigenvalue weighted by Gasteiger charge is 2.29. The second-order valence-electron chi connectivity index (χ2n) is 4.93. The topological polar surface area (TPSA) is 24.5 Å². The van der Waals surface area contributed by atoms with Crippen molar-refractivity contribution in [1.82, 2.24) is 10.2 Å². The molecule has 1 N–H and O–H groups in total. The van der Waals surface area contributed by atoms with E-state index in [0.717, 1.165) is 19.4 Å². The van der Waals surface area contributed by atoms with Crippen LogP contribution in [0.3, 0.4) is 0 Å². The van der Waals surface area contributed by atoms with E-state index in [0.29, 0.717) is 18.2 Å². The largest absolute Gasteiger partial charge is 0.381 e. The predicted molar refractivity (Wildman–Crippen MR) is 72.6 cm³/mol. The van der Waals surface area contributed by atoms with Gasteiger partial charge in [-0.3, -0.25) is 0 Å². The molecule has 1 aliphatic carbocycles. The number of ether oxygens (including phenoxy) is 1. The molecule has 3 nitrogen and oxygen atoms in total. The average molecular weight is 254 g/mol. The van der Waals surface area contributed by atoms with E-state index in [1.807, 2.05) is 11.3 Å². The second kappa shape index (κ2) is 5.96. The zero-order valence-corrected chi connectivity index (χ0v) is 11.7. The Bertz CT molecular complexity index is 320. The molecule has 0 saturated heterocycles. The van der Waals surface area contributed by atoms with Crippen molar-refractivity contribution in [2.24, 2.45) is 0 Å². The Morgan fingerprint density at radius 1 is 1.53 bits per heavy atom. The Kier molecular flexibility index (Phi) is 4.56. The number of hydrogen-bond donors (Lipinski definition) is 1. The molecule has 1 atom stereocenters. The van der Waals surface area contributed by atoms with Gasteiger partial charge in [0, 0.05) is 24.6 Å². The summed E-state index contributed by atoms with van der Waals surface area (Å²) in [5.41, 5.74) is 0. The first-order valence-corrected chi connectivity index (χ1v) is 7.04. The van der Waals surface area contributed by atoms with Gasteiger partial charge in [-0.05, 0) is 38.4 Å². The Morgan fingerprint density at radius 3 is 2.82 bits per heavy atom. The maximum absolute atomic E-state index is 5.29. The minimum atomic E-state index is 0.479. The Hall–Kier alpha value is -0.420. The predicted octanol–water partition coefficient (Wildman–Crippen LogP) is 2.12. The zero-order valence-electron chi connectivity index (χ0n) is 10.8. The standard InChI is InChI=1S/C13H22N2OS/c1-15(2)12(13-5-4-6-17-13)9-14-10-7-11(8-10)16-3/h4-6,10-12,14H,7-9H2,1-3H3. The highest BCUT2D eigenvalue weighted by Crippen LogP contribution is 2.26. The normalized spacial score (nSPS) is 25.9. The van der Waals surface area contributed by atoms with Crippen molar-refractivity contribution < 1.29 is 4.74 Å². The van der Waals surface area contributed by atoms with Crippen LogP contribution in [0.1, 0.15) is 23.8 Å². The van der Waals surface area contributed by atoms with E-state index in [4.69, 9.17) is 4.74 Å². The van der Waals surface area contributed by atoms with Crippen LogP contribution in [0, 0.1) is 0 Å². The van der Waals surface area contributed by atoms with Crippen molar-refractivity contribution in [3.63, 3.8) is 0 Å². The molecule has 1 aliphatic rings. The summed E-state index contributed by atoms with van der Waals surface area (Å²) in [6.07, 6.45) is 2.79. The molecular formula is C13H22N2OS. The summed E-state index contributed by atoms with van der Waals surface area (Å²) in [6.45, 7) is 1.02. The van der Waals surface area contributed by atoms with E-state index in [9.17, 15) is 0 Å². The van der Waals surface area contributed by atoms with E-state index >= 15 is 0 Å². The van der Waals surface area contributed by atoms with Gasteiger partial charge in [-0.25, -0.2) is 0 Å². The van der Waals surface area contributed by atoms with Crippen molar-refractivity contribution in [3.8, 4) is 0 Å². The number of nitrogens with one attached hydrogen (secondary N) is 1. The van der Waals surface area contributed by atoms with Crippen molar-refractivity contribution in [2.45, 2.75) is 31.0 Å². The van der Waals surface area contributed by atoms with Crippen LogP contribution in [0.15, 0.2) is 17.5 Å². The maximum atomic E-state index is 5.29. The van der Waals surface area contributed by atoms with Gasteiger partial charge in [0.2, 0.25) is 0 Å². The first kappa shape index (κ1) is 13.0. The van der Waals surface area contributed by atoms with Gasteiger partial charge in [-0.15, -0.1) is 11.3 Å². The van der Waals surface area contributed by atoms with Crippen LogP contribution in [0.5, 0.6) is 0 Å². The van der Waals surface area contributed by atoms with Gasteiger partial charge >= 0.3 is 0 Å². The quantitative estimate of drug-likeness (QED) is 0.841.